The topological polar surface area (TPSA) is 51.0 Å². The second-order valence-electron chi connectivity index (χ2n) is 6.91. The molecule has 0 aliphatic carbocycles. The number of hydrogen-bond donors (Lipinski definition) is 0. The molecule has 3 heterocycles. The van der Waals surface area contributed by atoms with Crippen molar-refractivity contribution in [1.29, 1.82) is 0 Å². The molecule has 1 fully saturated rings. The van der Waals surface area contributed by atoms with Crippen LogP contribution in [0.15, 0.2) is 59.7 Å². The molecule has 1 atom stereocenters. The zero-order valence-electron chi connectivity index (χ0n) is 15.2. The van der Waals surface area contributed by atoms with Gasteiger partial charge in [0.2, 0.25) is 5.95 Å². The fourth-order valence-corrected chi connectivity index (χ4v) is 3.77. The Morgan fingerprint density at radius 3 is 2.59 bits per heavy atom. The molecule has 5 nitrogen and oxygen atoms in total. The lowest BCUT2D eigenvalue weighted by Gasteiger charge is -2.34. The molecule has 0 saturated carbocycles. The third-order valence-electron chi connectivity index (χ3n) is 5.13. The summed E-state index contributed by atoms with van der Waals surface area (Å²) in [6.45, 7) is 1.73. The maximum absolute atomic E-state index is 12.5. The Morgan fingerprint density at radius 1 is 1.11 bits per heavy atom. The summed E-state index contributed by atoms with van der Waals surface area (Å²) in [5.41, 5.74) is 2.80. The lowest BCUT2D eigenvalue weighted by molar-refractivity contribution is 0.497. The van der Waals surface area contributed by atoms with Gasteiger partial charge in [0.1, 0.15) is 0 Å². The number of piperidine rings is 1. The lowest BCUT2D eigenvalue weighted by atomic mass is 9.91. The van der Waals surface area contributed by atoms with E-state index in [1.807, 2.05) is 24.3 Å². The first kappa shape index (κ1) is 17.7. The zero-order valence-corrected chi connectivity index (χ0v) is 15.9. The van der Waals surface area contributed by atoms with Crippen molar-refractivity contribution in [3.63, 3.8) is 0 Å². The highest BCUT2D eigenvalue weighted by molar-refractivity contribution is 6.30. The Morgan fingerprint density at radius 2 is 1.85 bits per heavy atom. The van der Waals surface area contributed by atoms with E-state index >= 15 is 0 Å². The Balaban J connectivity index is 1.67. The summed E-state index contributed by atoms with van der Waals surface area (Å²) in [6.07, 6.45) is 5.61. The summed E-state index contributed by atoms with van der Waals surface area (Å²) in [7, 11) is 1.78. The van der Waals surface area contributed by atoms with Crippen LogP contribution in [0, 0.1) is 0 Å². The van der Waals surface area contributed by atoms with Gasteiger partial charge in [-0.25, -0.2) is 4.98 Å². The molecule has 1 aliphatic rings. The monoisotopic (exact) mass is 380 g/mol. The van der Waals surface area contributed by atoms with Crippen molar-refractivity contribution in [2.24, 2.45) is 7.05 Å². The summed E-state index contributed by atoms with van der Waals surface area (Å²) < 4.78 is 1.63. The maximum Gasteiger partial charge on any atom is 0.255 e. The van der Waals surface area contributed by atoms with Crippen LogP contribution in [-0.2, 0) is 7.05 Å². The van der Waals surface area contributed by atoms with Crippen LogP contribution in [0.5, 0.6) is 0 Å². The van der Waals surface area contributed by atoms with Crippen LogP contribution in [0.3, 0.4) is 0 Å². The number of rotatable bonds is 3. The lowest BCUT2D eigenvalue weighted by Crippen LogP contribution is -2.38. The predicted molar refractivity (Wildman–Crippen MR) is 108 cm³/mol. The van der Waals surface area contributed by atoms with Crippen molar-refractivity contribution in [3.05, 3.63) is 75.8 Å². The quantitative estimate of drug-likeness (QED) is 0.692. The van der Waals surface area contributed by atoms with Gasteiger partial charge >= 0.3 is 0 Å². The second kappa shape index (κ2) is 7.53. The molecule has 2 aromatic heterocycles. The van der Waals surface area contributed by atoms with Crippen LogP contribution in [0.4, 0.5) is 5.95 Å². The van der Waals surface area contributed by atoms with Gasteiger partial charge in [0.15, 0.2) is 0 Å². The van der Waals surface area contributed by atoms with Gasteiger partial charge in [-0.05, 0) is 42.7 Å². The summed E-state index contributed by atoms with van der Waals surface area (Å²) in [4.78, 5) is 23.6. The molecule has 0 bridgehead atoms. The summed E-state index contributed by atoms with van der Waals surface area (Å²) in [5.74, 6) is 1.12. The highest BCUT2D eigenvalue weighted by Gasteiger charge is 2.24. The van der Waals surface area contributed by atoms with Gasteiger partial charge < -0.3 is 4.90 Å². The number of aromatic nitrogens is 3. The third kappa shape index (κ3) is 3.74. The molecule has 1 unspecified atom stereocenters. The number of benzene rings is 1. The van der Waals surface area contributed by atoms with E-state index in [2.05, 4.69) is 22.0 Å². The minimum absolute atomic E-state index is 0.0552. The van der Waals surface area contributed by atoms with Crippen LogP contribution >= 0.6 is 11.6 Å². The standard InChI is InChI=1S/C21H21ClN4O/c1-25-20(27)13-19(16-8-10-23-11-9-16)24-21(25)26-12-2-3-17(14-26)15-4-6-18(22)7-5-15/h4-11,13,17H,2-3,12,14H2,1H3. The number of nitrogens with zero attached hydrogens (tertiary/aromatic N) is 4. The average Bonchev–Trinajstić information content (AvgIpc) is 2.71. The SMILES string of the molecule is Cn1c(N2CCCC(c3ccc(Cl)cc3)C2)nc(-c2ccncc2)cc1=O. The molecule has 1 aromatic carbocycles. The molecule has 138 valence electrons. The van der Waals surface area contributed by atoms with Crippen molar-refractivity contribution in [2.75, 3.05) is 18.0 Å². The zero-order chi connectivity index (χ0) is 18.8. The molecular weight excluding hydrogens is 360 g/mol. The minimum Gasteiger partial charge on any atom is -0.342 e. The maximum atomic E-state index is 12.5. The van der Waals surface area contributed by atoms with Crippen LogP contribution in [0.1, 0.15) is 24.3 Å². The van der Waals surface area contributed by atoms with Crippen molar-refractivity contribution >= 4 is 17.5 Å². The van der Waals surface area contributed by atoms with Crippen molar-refractivity contribution in [2.45, 2.75) is 18.8 Å². The molecule has 3 aromatic rings. The van der Waals surface area contributed by atoms with E-state index in [1.54, 1.807) is 30.1 Å². The highest BCUT2D eigenvalue weighted by Crippen LogP contribution is 2.30. The van der Waals surface area contributed by atoms with E-state index in [1.165, 1.54) is 5.56 Å². The van der Waals surface area contributed by atoms with Gasteiger partial charge in [-0.3, -0.25) is 14.3 Å². The smallest absolute Gasteiger partial charge is 0.255 e. The predicted octanol–water partition coefficient (Wildman–Crippen LogP) is 3.88. The van der Waals surface area contributed by atoms with E-state index in [9.17, 15) is 4.79 Å². The van der Waals surface area contributed by atoms with Crippen LogP contribution in [0.2, 0.25) is 5.02 Å². The Bertz CT molecular complexity index is 985. The number of halogens is 1. The fourth-order valence-electron chi connectivity index (χ4n) is 3.65. The molecule has 0 N–H and O–H groups in total. The van der Waals surface area contributed by atoms with E-state index < -0.39 is 0 Å². The molecule has 1 saturated heterocycles. The number of anilines is 1. The minimum atomic E-state index is -0.0552. The van der Waals surface area contributed by atoms with Gasteiger partial charge in [0, 0.05) is 55.1 Å². The number of hydrogen-bond acceptors (Lipinski definition) is 4. The van der Waals surface area contributed by atoms with Crippen LogP contribution in [-0.4, -0.2) is 27.6 Å². The van der Waals surface area contributed by atoms with Gasteiger partial charge in [-0.15, -0.1) is 0 Å². The van der Waals surface area contributed by atoms with Crippen LogP contribution in [0.25, 0.3) is 11.3 Å². The van der Waals surface area contributed by atoms with Gasteiger partial charge in [-0.1, -0.05) is 23.7 Å². The van der Waals surface area contributed by atoms with Crippen molar-refractivity contribution in [1.82, 2.24) is 14.5 Å². The third-order valence-corrected chi connectivity index (χ3v) is 5.38. The Labute approximate surface area is 163 Å². The fraction of sp³-hybridized carbons (Fsp3) is 0.286. The number of pyridine rings is 1. The van der Waals surface area contributed by atoms with Gasteiger partial charge in [-0.2, -0.15) is 0 Å². The van der Waals surface area contributed by atoms with E-state index in [0.717, 1.165) is 36.5 Å². The molecule has 27 heavy (non-hydrogen) atoms. The summed E-state index contributed by atoms with van der Waals surface area (Å²) in [5, 5.41) is 0.750. The average molecular weight is 381 g/mol. The van der Waals surface area contributed by atoms with E-state index in [4.69, 9.17) is 16.6 Å². The summed E-state index contributed by atoms with van der Waals surface area (Å²) in [6, 6.07) is 13.4. The van der Waals surface area contributed by atoms with Crippen molar-refractivity contribution in [3.8, 4) is 11.3 Å². The van der Waals surface area contributed by atoms with E-state index in [-0.39, 0.29) is 5.56 Å². The Hall–Kier alpha value is -2.66. The molecular formula is C21H21ClN4O. The first-order valence-electron chi connectivity index (χ1n) is 9.11. The van der Waals surface area contributed by atoms with Gasteiger partial charge in [0.25, 0.3) is 5.56 Å². The first-order valence-corrected chi connectivity index (χ1v) is 9.48. The first-order chi connectivity index (χ1) is 13.1. The molecule has 6 heteroatoms. The second-order valence-corrected chi connectivity index (χ2v) is 7.35. The Kier molecular flexibility index (Phi) is 4.94. The van der Waals surface area contributed by atoms with Crippen LogP contribution < -0.4 is 10.5 Å². The van der Waals surface area contributed by atoms with E-state index in [0.29, 0.717) is 17.6 Å². The molecule has 0 spiro atoms. The molecule has 4 rings (SSSR count). The molecule has 0 radical (unpaired) electrons. The molecule has 0 amide bonds. The highest BCUT2D eigenvalue weighted by atomic mass is 35.5. The largest absolute Gasteiger partial charge is 0.342 e. The van der Waals surface area contributed by atoms with Crippen molar-refractivity contribution < 1.29 is 0 Å². The van der Waals surface area contributed by atoms with Gasteiger partial charge in [0.05, 0.1) is 5.69 Å². The normalized spacial score (nSPS) is 17.1. The summed E-state index contributed by atoms with van der Waals surface area (Å²) >= 11 is 6.03. The molecule has 1 aliphatic heterocycles.